The van der Waals surface area contributed by atoms with Gasteiger partial charge in [0.2, 0.25) is 11.8 Å². The number of aliphatic hydroxyl groups is 1. The molecule has 25 heteroatoms. The monoisotopic (exact) mass is 1290 g/mol. The molecule has 3 aliphatic heterocycles. The molecule has 1 unspecified atom stereocenters. The predicted octanol–water partition coefficient (Wildman–Crippen LogP) is 9.89. The molecule has 0 aliphatic carbocycles. The SMILES string of the molecule is Cc1ncsc1-c1ccc([C@H](C)NC(=O)[C@@H]2C[C@@H](O)CN2C(=O)C(NC(=O)c2ccc(C(=O)N3CCN(CC#Cc4ccc(OCCCc5sc(N6CCCc7c6nnc(Nc6nc8ccccc8s6)c7C)nc5C(=O)O)c(F)c4)CC3)cc2F)C(C)(C)C)cc1. The maximum Gasteiger partial charge on any atom is 0.355 e. The molecule has 20 nitrogen and oxygen atoms in total. The standard InChI is InChI=1S/C66H68F2N12O8S3/c1-37-45-13-10-26-79(58(45)76-75-57(37)74-64-71-49-14-7-8-15-52(49)90-64)65-72-54(63(86)87)53(91-65)16-11-31-88-51-24-17-40(32-48(51)68)12-9-25-77-27-29-78(30-28-77)61(84)43-22-23-46(47(67)33-43)59(82)73-56(66(4,5)6)62(85)80-35-44(81)34-50(80)60(83)70-38(2)41-18-20-42(21-19-41)55-39(3)69-36-89-55/h7-8,14-15,17-24,32-33,36,38,44,50,56,81H,10-11,13,16,25-31,34-35H2,1-6H3,(H,70,83)(H,73,82)(H,86,87)(H,71,74,75)/t38-,44+,50-,56?/m0/s1. The fourth-order valence-electron chi connectivity index (χ4n) is 11.4. The Bertz CT molecular complexity index is 4100. The van der Waals surface area contributed by atoms with Crippen molar-refractivity contribution in [2.75, 3.05) is 62.6 Å². The zero-order chi connectivity index (χ0) is 64.3. The van der Waals surface area contributed by atoms with E-state index < -0.39 is 70.9 Å². The second kappa shape index (κ2) is 27.3. The zero-order valence-corrected chi connectivity index (χ0v) is 53.5. The minimum atomic E-state index is -1.22. The van der Waals surface area contributed by atoms with E-state index in [-0.39, 0.29) is 42.1 Å². The molecule has 5 N–H and O–H groups in total. The lowest BCUT2D eigenvalue weighted by molar-refractivity contribution is -0.142. The first-order chi connectivity index (χ1) is 43.7. The normalized spacial score (nSPS) is 16.6. The smallest absolute Gasteiger partial charge is 0.355 e. The third kappa shape index (κ3) is 14.4. The quantitative estimate of drug-likeness (QED) is 0.0396. The molecule has 2 saturated heterocycles. The van der Waals surface area contributed by atoms with Crippen LogP contribution in [0.25, 0.3) is 20.7 Å². The number of hydrogen-bond donors (Lipinski definition) is 5. The average molecular weight is 1290 g/mol. The predicted molar refractivity (Wildman–Crippen MR) is 346 cm³/mol. The molecule has 7 heterocycles. The number of para-hydroxylation sites is 1. The van der Waals surface area contributed by atoms with Crippen molar-refractivity contribution in [2.24, 2.45) is 5.41 Å². The van der Waals surface area contributed by atoms with Gasteiger partial charge in [0.1, 0.15) is 17.9 Å². The molecule has 0 bridgehead atoms. The maximum atomic E-state index is 15.9. The summed E-state index contributed by atoms with van der Waals surface area (Å²) >= 11 is 4.36. The van der Waals surface area contributed by atoms with Gasteiger partial charge in [0.15, 0.2) is 39.2 Å². The number of fused-ring (bicyclic) bond motifs is 2. The van der Waals surface area contributed by atoms with Gasteiger partial charge in [-0.1, -0.05) is 80.3 Å². The van der Waals surface area contributed by atoms with E-state index in [1.54, 1.807) is 48.6 Å². The number of rotatable bonds is 18. The molecule has 4 amide bonds. The number of aryl methyl sites for hydroxylation is 2. The van der Waals surface area contributed by atoms with Crippen LogP contribution in [0.3, 0.4) is 0 Å². The Labute approximate surface area is 536 Å². The third-order valence-electron chi connectivity index (χ3n) is 16.4. The van der Waals surface area contributed by atoms with E-state index in [1.807, 2.05) is 79.1 Å². The van der Waals surface area contributed by atoms with Crippen molar-refractivity contribution < 1.29 is 47.7 Å². The second-order valence-electron chi connectivity index (χ2n) is 23.9. The lowest BCUT2D eigenvalue weighted by Crippen LogP contribution is -2.58. The Kier molecular flexibility index (Phi) is 19.2. The van der Waals surface area contributed by atoms with Crippen LogP contribution < -0.4 is 25.6 Å². The molecule has 11 rings (SSSR count). The highest BCUT2D eigenvalue weighted by molar-refractivity contribution is 7.22. The van der Waals surface area contributed by atoms with Gasteiger partial charge in [-0.3, -0.25) is 24.1 Å². The van der Waals surface area contributed by atoms with E-state index in [0.29, 0.717) is 84.4 Å². The van der Waals surface area contributed by atoms with Gasteiger partial charge in [-0.2, -0.15) is 0 Å². The fourth-order valence-corrected chi connectivity index (χ4v) is 14.2. The van der Waals surface area contributed by atoms with Gasteiger partial charge in [-0.15, -0.1) is 32.9 Å². The van der Waals surface area contributed by atoms with Crippen molar-refractivity contribution >= 4 is 95.7 Å². The molecule has 3 aliphatic rings. The fraction of sp³-hybridized carbons (Fsp3) is 0.364. The number of aromatic nitrogens is 5. The van der Waals surface area contributed by atoms with Crippen LogP contribution in [-0.4, -0.2) is 150 Å². The number of aromatic carboxylic acids is 1. The Morgan fingerprint density at radius 1 is 0.890 bits per heavy atom. The lowest BCUT2D eigenvalue weighted by Gasteiger charge is -2.35. The van der Waals surface area contributed by atoms with Crippen LogP contribution in [0.1, 0.15) is 117 Å². The van der Waals surface area contributed by atoms with E-state index >= 15 is 8.78 Å². The number of ether oxygens (including phenoxy) is 1. The molecular formula is C66H68F2N12O8S3. The number of nitrogens with one attached hydrogen (secondary N) is 3. The number of carbonyl (C=O) groups excluding carboxylic acids is 4. The van der Waals surface area contributed by atoms with Crippen molar-refractivity contribution in [1.82, 2.24) is 50.5 Å². The largest absolute Gasteiger partial charge is 0.491 e. The summed E-state index contributed by atoms with van der Waals surface area (Å²) in [4.78, 5) is 90.0. The number of thiazole rings is 3. The van der Waals surface area contributed by atoms with Crippen LogP contribution in [0.2, 0.25) is 0 Å². The van der Waals surface area contributed by atoms with Crippen LogP contribution in [0.5, 0.6) is 5.75 Å². The van der Waals surface area contributed by atoms with Gasteiger partial charge in [0.25, 0.3) is 11.8 Å². The number of benzene rings is 4. The van der Waals surface area contributed by atoms with E-state index in [0.717, 1.165) is 61.9 Å². The van der Waals surface area contributed by atoms with Gasteiger partial charge in [-0.05, 0) is 112 Å². The molecule has 8 aromatic rings. The van der Waals surface area contributed by atoms with Crippen molar-refractivity contribution in [2.45, 2.75) is 97.9 Å². The summed E-state index contributed by atoms with van der Waals surface area (Å²) in [6.45, 7) is 13.4. The van der Waals surface area contributed by atoms with Crippen LogP contribution in [-0.2, 0) is 22.4 Å². The van der Waals surface area contributed by atoms with Gasteiger partial charge in [0, 0.05) is 72.8 Å². The van der Waals surface area contributed by atoms with Gasteiger partial charge >= 0.3 is 5.97 Å². The van der Waals surface area contributed by atoms with E-state index in [9.17, 15) is 34.2 Å². The van der Waals surface area contributed by atoms with E-state index in [4.69, 9.17) is 4.74 Å². The summed E-state index contributed by atoms with van der Waals surface area (Å²) in [6.07, 6.45) is 1.32. The van der Waals surface area contributed by atoms with E-state index in [2.05, 4.69) is 52.9 Å². The number of carboxylic acid groups (broad SMARTS) is 1. The van der Waals surface area contributed by atoms with Crippen LogP contribution in [0.15, 0.2) is 90.4 Å². The summed E-state index contributed by atoms with van der Waals surface area (Å²) < 4.78 is 38.1. The minimum Gasteiger partial charge on any atom is -0.491 e. The van der Waals surface area contributed by atoms with Crippen molar-refractivity contribution in [3.8, 4) is 28.0 Å². The van der Waals surface area contributed by atoms with Crippen LogP contribution >= 0.6 is 34.0 Å². The number of carbonyl (C=O) groups is 5. The highest BCUT2D eigenvalue weighted by Crippen LogP contribution is 2.40. The van der Waals surface area contributed by atoms with Crippen molar-refractivity contribution in [1.29, 1.82) is 0 Å². The Morgan fingerprint density at radius 3 is 2.38 bits per heavy atom. The highest BCUT2D eigenvalue weighted by Gasteiger charge is 2.45. The number of aliphatic hydroxyl groups excluding tert-OH is 1. The van der Waals surface area contributed by atoms with Crippen LogP contribution in [0.4, 0.5) is 30.7 Å². The maximum absolute atomic E-state index is 15.9. The zero-order valence-electron chi connectivity index (χ0n) is 51.0. The number of likely N-dealkylation sites (tertiary alicyclic amines) is 1. The van der Waals surface area contributed by atoms with Crippen molar-refractivity contribution in [3.63, 3.8) is 0 Å². The number of amides is 4. The van der Waals surface area contributed by atoms with Gasteiger partial charge in [0.05, 0.1) is 57.2 Å². The molecule has 472 valence electrons. The Balaban J connectivity index is 0.630. The van der Waals surface area contributed by atoms with Crippen LogP contribution in [0, 0.1) is 42.7 Å². The summed E-state index contributed by atoms with van der Waals surface area (Å²) in [5.41, 5.74) is 6.54. The molecule has 2 fully saturated rings. The highest BCUT2D eigenvalue weighted by atomic mass is 32.1. The third-order valence-corrected chi connectivity index (χ3v) is 19.5. The number of β-amino-alcohol motifs (C(OH)–C–C–N with tert-alkyl or cyclic N) is 1. The number of nitrogens with zero attached hydrogens (tertiary/aromatic N) is 9. The number of halogens is 2. The molecule has 0 spiro atoms. The minimum absolute atomic E-state index is 0.00750. The second-order valence-corrected chi connectivity index (χ2v) is 26.8. The topological polar surface area (TPSA) is 249 Å². The Hall–Kier alpha value is -8.80. The van der Waals surface area contributed by atoms with Gasteiger partial charge in [-0.25, -0.2) is 28.5 Å². The number of carboxylic acids is 1. The molecule has 0 saturated carbocycles. The average Bonchev–Trinajstić information content (AvgIpc) is 2.22. The molecule has 0 radical (unpaired) electrons. The van der Waals surface area contributed by atoms with Crippen molar-refractivity contribution in [3.05, 3.63) is 152 Å². The summed E-state index contributed by atoms with van der Waals surface area (Å²) in [5, 5.41) is 40.2. The summed E-state index contributed by atoms with van der Waals surface area (Å²) in [6, 6.07) is 21.0. The summed E-state index contributed by atoms with van der Waals surface area (Å²) in [5.74, 6) is 2.28. The number of anilines is 4. The molecule has 4 aromatic heterocycles. The Morgan fingerprint density at radius 2 is 1.67 bits per heavy atom. The lowest BCUT2D eigenvalue weighted by atomic mass is 9.85. The first kappa shape index (κ1) is 63.8. The number of piperazine rings is 1. The van der Waals surface area contributed by atoms with Gasteiger partial charge < -0.3 is 45.6 Å². The molecule has 4 aromatic carbocycles. The van der Waals surface area contributed by atoms with E-state index in [1.165, 1.54) is 51.8 Å². The first-order valence-electron chi connectivity index (χ1n) is 30.0. The molecule has 4 atom stereocenters. The molecular weight excluding hydrogens is 1220 g/mol. The number of hydrogen-bond acceptors (Lipinski definition) is 18. The summed E-state index contributed by atoms with van der Waals surface area (Å²) in [7, 11) is 0. The first-order valence-corrected chi connectivity index (χ1v) is 32.5. The molecule has 91 heavy (non-hydrogen) atoms.